The van der Waals surface area contributed by atoms with E-state index in [0.29, 0.717) is 6.61 Å². The molecular weight excluding hydrogens is 243 g/mol. The van der Waals surface area contributed by atoms with Crippen molar-refractivity contribution in [2.45, 2.75) is 64.0 Å². The third-order valence-corrected chi connectivity index (χ3v) is 2.47. The van der Waals surface area contributed by atoms with Gasteiger partial charge in [-0.05, 0) is 34.1 Å². The SMILES string of the molecule is CC(C)(O)O.CC1(C)O[C@@H]2CCOC(CF)[C@@H]2O1. The molecule has 0 aliphatic carbocycles. The molecule has 2 fully saturated rings. The predicted octanol–water partition coefficient (Wildman–Crippen LogP) is 0.972. The van der Waals surface area contributed by atoms with Crippen molar-refractivity contribution in [3.8, 4) is 0 Å². The molecule has 18 heavy (non-hydrogen) atoms. The number of halogens is 1. The molecule has 0 spiro atoms. The van der Waals surface area contributed by atoms with Gasteiger partial charge in [0.15, 0.2) is 11.6 Å². The molecule has 3 atom stereocenters. The van der Waals surface area contributed by atoms with Crippen LogP contribution in [-0.2, 0) is 14.2 Å². The van der Waals surface area contributed by atoms with Gasteiger partial charge in [0, 0.05) is 6.61 Å². The average molecular weight is 266 g/mol. The third kappa shape index (κ3) is 5.16. The molecule has 0 radical (unpaired) electrons. The van der Waals surface area contributed by atoms with Crippen molar-refractivity contribution in [1.82, 2.24) is 0 Å². The first-order valence-electron chi connectivity index (χ1n) is 6.10. The van der Waals surface area contributed by atoms with Crippen LogP contribution in [-0.4, -0.2) is 53.4 Å². The van der Waals surface area contributed by atoms with Gasteiger partial charge in [0.2, 0.25) is 0 Å². The van der Waals surface area contributed by atoms with Crippen LogP contribution in [0, 0.1) is 0 Å². The van der Waals surface area contributed by atoms with Crippen LogP contribution >= 0.6 is 0 Å². The molecule has 1 unspecified atom stereocenters. The predicted molar refractivity (Wildman–Crippen MR) is 62.7 cm³/mol. The minimum atomic E-state index is -1.50. The highest BCUT2D eigenvalue weighted by Gasteiger charge is 2.47. The van der Waals surface area contributed by atoms with E-state index in [1.54, 1.807) is 0 Å². The molecule has 108 valence electrons. The topological polar surface area (TPSA) is 68.2 Å². The summed E-state index contributed by atoms with van der Waals surface area (Å²) in [6.07, 6.45) is 0.128. The standard InChI is InChI=1S/C9H15FO3.C3H8O2/c1-9(2)12-6-3-4-11-7(5-10)8(6)13-9;1-3(2,4)5/h6-8H,3-5H2,1-2H3;4-5H,1-2H3/t6-,7?,8-;/m1./s1. The van der Waals surface area contributed by atoms with Gasteiger partial charge in [0.1, 0.15) is 18.9 Å². The first-order chi connectivity index (χ1) is 8.12. The molecule has 5 nitrogen and oxygen atoms in total. The fourth-order valence-corrected chi connectivity index (χ4v) is 1.96. The summed E-state index contributed by atoms with van der Waals surface area (Å²) in [7, 11) is 0. The average Bonchev–Trinajstić information content (AvgIpc) is 2.48. The molecule has 0 amide bonds. The van der Waals surface area contributed by atoms with Crippen molar-refractivity contribution in [1.29, 1.82) is 0 Å². The van der Waals surface area contributed by atoms with Crippen LogP contribution in [0.25, 0.3) is 0 Å². The summed E-state index contributed by atoms with van der Waals surface area (Å²) in [6.45, 7) is 6.36. The Kier molecular flexibility index (Phi) is 5.08. The molecule has 0 saturated carbocycles. The molecular formula is C12H23FO5. The van der Waals surface area contributed by atoms with Crippen molar-refractivity contribution in [3.63, 3.8) is 0 Å². The van der Waals surface area contributed by atoms with Gasteiger partial charge in [-0.15, -0.1) is 0 Å². The Hall–Kier alpha value is -0.270. The number of alkyl halides is 1. The Labute approximate surface area is 107 Å². The molecule has 2 rings (SSSR count). The molecule has 2 aliphatic heterocycles. The highest BCUT2D eigenvalue weighted by atomic mass is 19.1. The fraction of sp³-hybridized carbons (Fsp3) is 1.00. The normalized spacial score (nSPS) is 34.5. The van der Waals surface area contributed by atoms with Gasteiger partial charge in [0.05, 0.1) is 6.10 Å². The van der Waals surface area contributed by atoms with Crippen LogP contribution in [0.15, 0.2) is 0 Å². The van der Waals surface area contributed by atoms with E-state index in [2.05, 4.69) is 0 Å². The molecule has 2 saturated heterocycles. The number of hydrogen-bond donors (Lipinski definition) is 2. The van der Waals surface area contributed by atoms with E-state index in [1.807, 2.05) is 13.8 Å². The third-order valence-electron chi connectivity index (χ3n) is 2.47. The molecule has 0 aromatic carbocycles. The second-order valence-corrected chi connectivity index (χ2v) is 5.49. The molecule has 2 N–H and O–H groups in total. The number of hydrogen-bond acceptors (Lipinski definition) is 5. The van der Waals surface area contributed by atoms with Crippen molar-refractivity contribution in [3.05, 3.63) is 0 Å². The van der Waals surface area contributed by atoms with Crippen LogP contribution in [0.2, 0.25) is 0 Å². The maximum absolute atomic E-state index is 12.5. The monoisotopic (exact) mass is 266 g/mol. The molecule has 0 aromatic heterocycles. The summed E-state index contributed by atoms with van der Waals surface area (Å²) in [5.41, 5.74) is 0. The van der Waals surface area contributed by atoms with Crippen LogP contribution in [0.1, 0.15) is 34.1 Å². The van der Waals surface area contributed by atoms with E-state index in [-0.39, 0.29) is 12.2 Å². The Balaban J connectivity index is 0.000000280. The van der Waals surface area contributed by atoms with Gasteiger partial charge in [-0.1, -0.05) is 0 Å². The van der Waals surface area contributed by atoms with E-state index < -0.39 is 24.4 Å². The van der Waals surface area contributed by atoms with Gasteiger partial charge < -0.3 is 24.4 Å². The summed E-state index contributed by atoms with van der Waals surface area (Å²) in [4.78, 5) is 0. The lowest BCUT2D eigenvalue weighted by Crippen LogP contribution is -2.43. The van der Waals surface area contributed by atoms with Crippen LogP contribution in [0.4, 0.5) is 4.39 Å². The first-order valence-corrected chi connectivity index (χ1v) is 6.10. The summed E-state index contributed by atoms with van der Waals surface area (Å²) in [5.74, 6) is -2.09. The van der Waals surface area contributed by atoms with Crippen molar-refractivity contribution in [2.24, 2.45) is 0 Å². The van der Waals surface area contributed by atoms with Gasteiger partial charge in [-0.2, -0.15) is 0 Å². The Morgan fingerprint density at radius 3 is 2.33 bits per heavy atom. The van der Waals surface area contributed by atoms with E-state index in [0.717, 1.165) is 6.42 Å². The number of fused-ring (bicyclic) bond motifs is 1. The zero-order valence-corrected chi connectivity index (χ0v) is 11.4. The lowest BCUT2D eigenvalue weighted by atomic mass is 10.0. The molecule has 2 heterocycles. The van der Waals surface area contributed by atoms with Gasteiger partial charge in [-0.3, -0.25) is 0 Å². The maximum Gasteiger partial charge on any atom is 0.163 e. The molecule has 2 aliphatic rings. The molecule has 6 heteroatoms. The lowest BCUT2D eigenvalue weighted by molar-refractivity contribution is -0.155. The van der Waals surface area contributed by atoms with Gasteiger partial charge >= 0.3 is 0 Å². The molecule has 0 aromatic rings. The quantitative estimate of drug-likeness (QED) is 0.692. The Morgan fingerprint density at radius 2 is 1.83 bits per heavy atom. The summed E-state index contributed by atoms with van der Waals surface area (Å²) in [5, 5.41) is 16.2. The summed E-state index contributed by atoms with van der Waals surface area (Å²) in [6, 6.07) is 0. The zero-order valence-electron chi connectivity index (χ0n) is 11.4. The number of ether oxygens (including phenoxy) is 3. The summed E-state index contributed by atoms with van der Waals surface area (Å²) < 4.78 is 28.9. The van der Waals surface area contributed by atoms with Crippen molar-refractivity contribution >= 4 is 0 Å². The first kappa shape index (κ1) is 15.8. The second kappa shape index (κ2) is 5.79. The van der Waals surface area contributed by atoms with Crippen LogP contribution < -0.4 is 0 Å². The minimum absolute atomic E-state index is 0.00417. The number of aliphatic hydroxyl groups is 2. The lowest BCUT2D eigenvalue weighted by Gasteiger charge is -2.29. The highest BCUT2D eigenvalue weighted by Crippen LogP contribution is 2.35. The van der Waals surface area contributed by atoms with Crippen molar-refractivity contribution < 1.29 is 28.8 Å². The van der Waals surface area contributed by atoms with E-state index in [4.69, 9.17) is 24.4 Å². The largest absolute Gasteiger partial charge is 0.373 e. The van der Waals surface area contributed by atoms with E-state index in [1.165, 1.54) is 13.8 Å². The Morgan fingerprint density at radius 1 is 1.28 bits per heavy atom. The van der Waals surface area contributed by atoms with E-state index in [9.17, 15) is 4.39 Å². The minimum Gasteiger partial charge on any atom is -0.373 e. The number of rotatable bonds is 1. The summed E-state index contributed by atoms with van der Waals surface area (Å²) >= 11 is 0. The zero-order chi connectivity index (χ0) is 14.0. The fourth-order valence-electron chi connectivity index (χ4n) is 1.96. The Bertz CT molecular complexity index is 258. The van der Waals surface area contributed by atoms with Crippen LogP contribution in [0.3, 0.4) is 0 Å². The second-order valence-electron chi connectivity index (χ2n) is 5.49. The van der Waals surface area contributed by atoms with Gasteiger partial charge in [0.25, 0.3) is 0 Å². The van der Waals surface area contributed by atoms with Crippen LogP contribution in [0.5, 0.6) is 0 Å². The van der Waals surface area contributed by atoms with E-state index >= 15 is 0 Å². The highest BCUT2D eigenvalue weighted by molar-refractivity contribution is 4.89. The molecule has 0 bridgehead atoms. The van der Waals surface area contributed by atoms with Crippen molar-refractivity contribution in [2.75, 3.05) is 13.3 Å². The van der Waals surface area contributed by atoms with Gasteiger partial charge in [-0.25, -0.2) is 4.39 Å². The smallest absolute Gasteiger partial charge is 0.163 e. The maximum atomic E-state index is 12.5.